The fourth-order valence-corrected chi connectivity index (χ4v) is 1.89. The second kappa shape index (κ2) is 2.70. The van der Waals surface area contributed by atoms with Crippen molar-refractivity contribution in [2.45, 2.75) is 32.2 Å². The molecule has 0 N–H and O–H groups in total. The van der Waals surface area contributed by atoms with Crippen LogP contribution < -0.4 is 0 Å². The first-order chi connectivity index (χ1) is 4.22. The van der Waals surface area contributed by atoms with Gasteiger partial charge in [-0.3, -0.25) is 0 Å². The Morgan fingerprint density at radius 2 is 1.89 bits per heavy atom. The number of hydrogen-bond acceptors (Lipinski definition) is 1. The Kier molecular flexibility index (Phi) is 2.12. The van der Waals surface area contributed by atoms with Crippen LogP contribution in [0.25, 0.3) is 0 Å². The summed E-state index contributed by atoms with van der Waals surface area (Å²) < 4.78 is 0. The van der Waals surface area contributed by atoms with Crippen molar-refractivity contribution < 1.29 is 0 Å². The largest absolute Gasteiger partial charge is 0.306 e. The first kappa shape index (κ1) is 7.07. The van der Waals surface area contributed by atoms with Crippen LogP contribution in [-0.2, 0) is 0 Å². The Hall–Kier alpha value is -0.0400. The third kappa shape index (κ3) is 1.45. The molecular formula is C8H17N. The van der Waals surface area contributed by atoms with Crippen LogP contribution in [-0.4, -0.2) is 25.0 Å². The molecule has 1 nitrogen and oxygen atoms in total. The van der Waals surface area contributed by atoms with E-state index >= 15 is 0 Å². The van der Waals surface area contributed by atoms with Crippen molar-refractivity contribution in [1.29, 1.82) is 0 Å². The Bertz CT molecular complexity index is 88.6. The molecule has 0 aromatic rings. The highest BCUT2D eigenvalue weighted by Gasteiger charge is 2.24. The summed E-state index contributed by atoms with van der Waals surface area (Å²) in [7, 11) is 4.37. The minimum Gasteiger partial charge on any atom is -0.306 e. The predicted octanol–water partition coefficient (Wildman–Crippen LogP) is 1.74. The van der Waals surface area contributed by atoms with Crippen LogP contribution in [0.4, 0.5) is 0 Å². The van der Waals surface area contributed by atoms with Gasteiger partial charge in [-0.15, -0.1) is 0 Å². The van der Waals surface area contributed by atoms with Gasteiger partial charge in [0, 0.05) is 6.04 Å². The van der Waals surface area contributed by atoms with Crippen LogP contribution in [0.5, 0.6) is 0 Å². The zero-order valence-electron chi connectivity index (χ0n) is 6.72. The Balaban J connectivity index is 2.40. The lowest BCUT2D eigenvalue weighted by molar-refractivity contribution is 0.249. The van der Waals surface area contributed by atoms with Gasteiger partial charge in [0.1, 0.15) is 0 Å². The zero-order chi connectivity index (χ0) is 6.85. The highest BCUT2D eigenvalue weighted by atomic mass is 15.1. The van der Waals surface area contributed by atoms with E-state index in [1.807, 2.05) is 0 Å². The second-order valence-corrected chi connectivity index (χ2v) is 3.44. The molecule has 2 atom stereocenters. The molecule has 0 saturated heterocycles. The van der Waals surface area contributed by atoms with Crippen molar-refractivity contribution in [3.63, 3.8) is 0 Å². The number of rotatable bonds is 1. The van der Waals surface area contributed by atoms with Gasteiger partial charge in [0.25, 0.3) is 0 Å². The van der Waals surface area contributed by atoms with E-state index in [1.54, 1.807) is 0 Å². The molecule has 1 saturated carbocycles. The Morgan fingerprint density at radius 1 is 1.22 bits per heavy atom. The minimum atomic E-state index is 0.866. The fraction of sp³-hybridized carbons (Fsp3) is 1.00. The first-order valence-corrected chi connectivity index (χ1v) is 3.88. The summed E-state index contributed by atoms with van der Waals surface area (Å²) in [4.78, 5) is 2.36. The molecule has 0 amide bonds. The van der Waals surface area contributed by atoms with E-state index in [2.05, 4.69) is 25.9 Å². The molecule has 1 rings (SSSR count). The van der Waals surface area contributed by atoms with Gasteiger partial charge in [0.05, 0.1) is 0 Å². The molecule has 1 fully saturated rings. The van der Waals surface area contributed by atoms with Gasteiger partial charge in [-0.25, -0.2) is 0 Å². The molecule has 9 heavy (non-hydrogen) atoms. The number of nitrogens with zero attached hydrogens (tertiary/aromatic N) is 1. The minimum absolute atomic E-state index is 0.866. The molecule has 0 aliphatic heterocycles. The average Bonchev–Trinajstić information content (AvgIpc) is 2.13. The van der Waals surface area contributed by atoms with Crippen molar-refractivity contribution in [1.82, 2.24) is 4.90 Å². The molecule has 0 spiro atoms. The van der Waals surface area contributed by atoms with Crippen LogP contribution in [0.1, 0.15) is 26.2 Å². The van der Waals surface area contributed by atoms with Crippen molar-refractivity contribution >= 4 is 0 Å². The molecule has 1 aliphatic carbocycles. The van der Waals surface area contributed by atoms with Crippen molar-refractivity contribution in [3.05, 3.63) is 0 Å². The fourth-order valence-electron chi connectivity index (χ4n) is 1.89. The maximum absolute atomic E-state index is 2.36. The van der Waals surface area contributed by atoms with Crippen LogP contribution >= 0.6 is 0 Å². The molecule has 54 valence electrons. The third-order valence-electron chi connectivity index (χ3n) is 2.48. The average molecular weight is 127 g/mol. The second-order valence-electron chi connectivity index (χ2n) is 3.44. The lowest BCUT2D eigenvalue weighted by Crippen LogP contribution is -2.29. The van der Waals surface area contributed by atoms with E-state index < -0.39 is 0 Å². The summed E-state index contributed by atoms with van der Waals surface area (Å²) in [6, 6.07) is 0.866. The molecule has 1 heteroatoms. The van der Waals surface area contributed by atoms with Gasteiger partial charge < -0.3 is 4.90 Å². The van der Waals surface area contributed by atoms with Gasteiger partial charge in [-0.2, -0.15) is 0 Å². The maximum atomic E-state index is 2.36. The smallest absolute Gasteiger partial charge is 0.0115 e. The quantitative estimate of drug-likeness (QED) is 0.518. The van der Waals surface area contributed by atoms with Crippen LogP contribution in [0.15, 0.2) is 0 Å². The van der Waals surface area contributed by atoms with Gasteiger partial charge in [0.15, 0.2) is 0 Å². The summed E-state index contributed by atoms with van der Waals surface area (Å²) in [5, 5.41) is 0. The van der Waals surface area contributed by atoms with E-state index in [0.717, 1.165) is 12.0 Å². The molecule has 0 unspecified atom stereocenters. The lowest BCUT2D eigenvalue weighted by Gasteiger charge is -2.22. The summed E-state index contributed by atoms with van der Waals surface area (Å²) in [6.07, 6.45) is 4.28. The molecule has 1 aliphatic rings. The first-order valence-electron chi connectivity index (χ1n) is 3.88. The van der Waals surface area contributed by atoms with E-state index in [4.69, 9.17) is 0 Å². The van der Waals surface area contributed by atoms with Crippen LogP contribution in [0, 0.1) is 5.92 Å². The van der Waals surface area contributed by atoms with Gasteiger partial charge in [-0.05, 0) is 32.9 Å². The summed E-state index contributed by atoms with van der Waals surface area (Å²) in [5.41, 5.74) is 0. The van der Waals surface area contributed by atoms with E-state index in [1.165, 1.54) is 19.3 Å². The lowest BCUT2D eigenvalue weighted by atomic mass is 10.1. The Labute approximate surface area is 58.0 Å². The standard InChI is InChI=1S/C8H17N/c1-7-5-4-6-8(7)9(2)3/h7-8H,4-6H2,1-3H3/t7-,8+/m1/s1. The monoisotopic (exact) mass is 127 g/mol. The van der Waals surface area contributed by atoms with Crippen molar-refractivity contribution in [2.75, 3.05) is 14.1 Å². The number of hydrogen-bond donors (Lipinski definition) is 0. The van der Waals surface area contributed by atoms with E-state index in [-0.39, 0.29) is 0 Å². The van der Waals surface area contributed by atoms with E-state index in [9.17, 15) is 0 Å². The molecular weight excluding hydrogens is 110 g/mol. The molecule has 0 aromatic carbocycles. The third-order valence-corrected chi connectivity index (χ3v) is 2.48. The summed E-state index contributed by atoms with van der Waals surface area (Å²) >= 11 is 0. The van der Waals surface area contributed by atoms with Crippen LogP contribution in [0.3, 0.4) is 0 Å². The van der Waals surface area contributed by atoms with Crippen molar-refractivity contribution in [2.24, 2.45) is 5.92 Å². The summed E-state index contributed by atoms with van der Waals surface area (Å²) in [5.74, 6) is 0.931. The van der Waals surface area contributed by atoms with Gasteiger partial charge in [0.2, 0.25) is 0 Å². The van der Waals surface area contributed by atoms with Crippen molar-refractivity contribution in [3.8, 4) is 0 Å². The van der Waals surface area contributed by atoms with E-state index in [0.29, 0.717) is 0 Å². The molecule has 0 aromatic heterocycles. The van der Waals surface area contributed by atoms with Gasteiger partial charge >= 0.3 is 0 Å². The molecule has 0 bridgehead atoms. The SMILES string of the molecule is C[C@@H]1CCC[C@@H]1N(C)C. The molecule has 0 radical (unpaired) electrons. The molecule has 0 heterocycles. The maximum Gasteiger partial charge on any atom is 0.0115 e. The highest BCUT2D eigenvalue weighted by molar-refractivity contribution is 4.79. The zero-order valence-corrected chi connectivity index (χ0v) is 6.72. The van der Waals surface area contributed by atoms with Crippen LogP contribution in [0.2, 0.25) is 0 Å². The predicted molar refractivity (Wildman–Crippen MR) is 40.5 cm³/mol. The highest BCUT2D eigenvalue weighted by Crippen LogP contribution is 2.27. The normalized spacial score (nSPS) is 36.0. The van der Waals surface area contributed by atoms with Gasteiger partial charge in [-0.1, -0.05) is 13.3 Å². The topological polar surface area (TPSA) is 3.24 Å². The summed E-state index contributed by atoms with van der Waals surface area (Å²) in [6.45, 7) is 2.36. The Morgan fingerprint density at radius 3 is 2.11 bits per heavy atom.